The van der Waals surface area contributed by atoms with Gasteiger partial charge in [0.05, 0.1) is 18.9 Å². The molecule has 1 aliphatic heterocycles. The van der Waals surface area contributed by atoms with Crippen molar-refractivity contribution >= 4 is 11.7 Å². The normalized spacial score (nSPS) is 25.0. The van der Waals surface area contributed by atoms with E-state index in [2.05, 4.69) is 5.32 Å². The molecule has 0 aliphatic carbocycles. The Balaban J connectivity index is 2.44. The maximum atomic E-state index is 11.1. The van der Waals surface area contributed by atoms with E-state index in [0.717, 1.165) is 0 Å². The van der Waals surface area contributed by atoms with Crippen molar-refractivity contribution in [3.63, 3.8) is 0 Å². The van der Waals surface area contributed by atoms with E-state index in [4.69, 9.17) is 4.74 Å². The molecule has 1 aliphatic rings. The largest absolute Gasteiger partial charge is 0.384 e. The molecule has 0 spiro atoms. The third-order valence-corrected chi connectivity index (χ3v) is 1.70. The zero-order valence-corrected chi connectivity index (χ0v) is 6.42. The Labute approximate surface area is 64.9 Å². The Kier molecular flexibility index (Phi) is 2.59. The van der Waals surface area contributed by atoms with Crippen LogP contribution in [0.4, 0.5) is 0 Å². The number of hydrogen-bond acceptors (Lipinski definition) is 3. The summed E-state index contributed by atoms with van der Waals surface area (Å²) in [6.45, 7) is 0.824. The van der Waals surface area contributed by atoms with Crippen LogP contribution in [0.2, 0.25) is 0 Å². The SMILES string of the molecule is COCC1CNC(=O)CC1=O. The highest BCUT2D eigenvalue weighted by molar-refractivity contribution is 6.01. The number of carbonyl (C=O) groups excluding carboxylic acids is 2. The predicted octanol–water partition coefficient (Wildman–Crippen LogP) is -0.662. The van der Waals surface area contributed by atoms with Crippen LogP contribution in [-0.4, -0.2) is 32.0 Å². The van der Waals surface area contributed by atoms with Crippen molar-refractivity contribution in [1.29, 1.82) is 0 Å². The van der Waals surface area contributed by atoms with E-state index >= 15 is 0 Å². The molecule has 4 nitrogen and oxygen atoms in total. The third-order valence-electron chi connectivity index (χ3n) is 1.70. The lowest BCUT2D eigenvalue weighted by Gasteiger charge is -2.19. The lowest BCUT2D eigenvalue weighted by atomic mass is 9.99. The molecule has 0 aromatic carbocycles. The summed E-state index contributed by atoms with van der Waals surface area (Å²) < 4.78 is 4.81. The minimum atomic E-state index is -0.178. The molecule has 11 heavy (non-hydrogen) atoms. The van der Waals surface area contributed by atoms with Gasteiger partial charge in [0.2, 0.25) is 5.91 Å². The zero-order chi connectivity index (χ0) is 8.27. The molecule has 1 fully saturated rings. The van der Waals surface area contributed by atoms with Gasteiger partial charge in [-0.05, 0) is 0 Å². The second-order valence-corrected chi connectivity index (χ2v) is 2.60. The number of Topliss-reactive ketones (excluding diaryl/α,β-unsaturated/α-hetero) is 1. The van der Waals surface area contributed by atoms with E-state index in [1.165, 1.54) is 0 Å². The molecular formula is C7H11NO3. The Morgan fingerprint density at radius 2 is 2.36 bits per heavy atom. The van der Waals surface area contributed by atoms with Gasteiger partial charge in [0, 0.05) is 13.7 Å². The summed E-state index contributed by atoms with van der Waals surface area (Å²) >= 11 is 0. The van der Waals surface area contributed by atoms with Crippen molar-refractivity contribution in [2.75, 3.05) is 20.3 Å². The van der Waals surface area contributed by atoms with E-state index in [1.807, 2.05) is 0 Å². The fourth-order valence-corrected chi connectivity index (χ4v) is 1.07. The molecule has 1 unspecified atom stereocenters. The average Bonchev–Trinajstić information content (AvgIpc) is 1.95. The van der Waals surface area contributed by atoms with Gasteiger partial charge >= 0.3 is 0 Å². The Morgan fingerprint density at radius 1 is 1.64 bits per heavy atom. The summed E-state index contributed by atoms with van der Waals surface area (Å²) in [4.78, 5) is 21.7. The smallest absolute Gasteiger partial charge is 0.227 e. The Bertz CT molecular complexity index is 179. The van der Waals surface area contributed by atoms with Crippen LogP contribution < -0.4 is 5.32 Å². The number of methoxy groups -OCH3 is 1. The molecule has 1 N–H and O–H groups in total. The summed E-state index contributed by atoms with van der Waals surface area (Å²) in [7, 11) is 1.55. The topological polar surface area (TPSA) is 55.4 Å². The number of rotatable bonds is 2. The first-order valence-electron chi connectivity index (χ1n) is 3.52. The van der Waals surface area contributed by atoms with E-state index in [9.17, 15) is 9.59 Å². The molecule has 0 bridgehead atoms. The molecule has 0 saturated carbocycles. The van der Waals surface area contributed by atoms with Crippen LogP contribution in [0.3, 0.4) is 0 Å². The molecular weight excluding hydrogens is 146 g/mol. The van der Waals surface area contributed by atoms with Crippen LogP contribution in [0.5, 0.6) is 0 Å². The number of hydrogen-bond donors (Lipinski definition) is 1. The molecule has 0 aromatic rings. The number of ether oxygens (including phenoxy) is 1. The molecule has 1 heterocycles. The van der Waals surface area contributed by atoms with Crippen molar-refractivity contribution in [2.24, 2.45) is 5.92 Å². The van der Waals surface area contributed by atoms with E-state index in [-0.39, 0.29) is 24.0 Å². The zero-order valence-electron chi connectivity index (χ0n) is 6.42. The van der Waals surface area contributed by atoms with Crippen molar-refractivity contribution in [3.8, 4) is 0 Å². The third kappa shape index (κ3) is 2.01. The van der Waals surface area contributed by atoms with Gasteiger partial charge in [-0.3, -0.25) is 9.59 Å². The number of ketones is 1. The fourth-order valence-electron chi connectivity index (χ4n) is 1.07. The van der Waals surface area contributed by atoms with Crippen molar-refractivity contribution in [3.05, 3.63) is 0 Å². The number of nitrogens with one attached hydrogen (secondary N) is 1. The fraction of sp³-hybridized carbons (Fsp3) is 0.714. The summed E-state index contributed by atoms with van der Waals surface area (Å²) in [6.07, 6.45) is 0.00796. The lowest BCUT2D eigenvalue weighted by Crippen LogP contribution is -2.42. The van der Waals surface area contributed by atoms with Crippen LogP contribution >= 0.6 is 0 Å². The highest BCUT2D eigenvalue weighted by Gasteiger charge is 2.25. The second-order valence-electron chi connectivity index (χ2n) is 2.60. The standard InChI is InChI=1S/C7H11NO3/c1-11-4-5-3-8-7(10)2-6(5)9/h5H,2-4H2,1H3,(H,8,10). The van der Waals surface area contributed by atoms with Crippen LogP contribution in [0.1, 0.15) is 6.42 Å². The van der Waals surface area contributed by atoms with Crippen molar-refractivity contribution in [2.45, 2.75) is 6.42 Å². The maximum absolute atomic E-state index is 11.1. The minimum Gasteiger partial charge on any atom is -0.384 e. The first kappa shape index (κ1) is 8.20. The van der Waals surface area contributed by atoms with Crippen LogP contribution in [0, 0.1) is 5.92 Å². The molecule has 1 rings (SSSR count). The first-order valence-corrected chi connectivity index (χ1v) is 3.52. The second kappa shape index (κ2) is 3.48. The van der Waals surface area contributed by atoms with Gasteiger partial charge in [0.15, 0.2) is 0 Å². The minimum absolute atomic E-state index is 0.00796. The molecule has 62 valence electrons. The summed E-state index contributed by atoms with van der Waals surface area (Å²) in [5.74, 6) is -0.337. The van der Waals surface area contributed by atoms with Gasteiger partial charge in [-0.25, -0.2) is 0 Å². The summed E-state index contributed by atoms with van der Waals surface area (Å²) in [5, 5.41) is 2.61. The van der Waals surface area contributed by atoms with Crippen molar-refractivity contribution in [1.82, 2.24) is 5.32 Å². The van der Waals surface area contributed by atoms with Crippen LogP contribution in [0.25, 0.3) is 0 Å². The van der Waals surface area contributed by atoms with Crippen LogP contribution in [0.15, 0.2) is 0 Å². The number of piperidine rings is 1. The monoisotopic (exact) mass is 157 g/mol. The van der Waals surface area contributed by atoms with Gasteiger partial charge in [-0.1, -0.05) is 0 Å². The Morgan fingerprint density at radius 3 is 2.91 bits per heavy atom. The van der Waals surface area contributed by atoms with Gasteiger partial charge in [-0.2, -0.15) is 0 Å². The molecule has 1 atom stereocenters. The average molecular weight is 157 g/mol. The number of carbonyl (C=O) groups is 2. The summed E-state index contributed by atoms with van der Waals surface area (Å²) in [5.41, 5.74) is 0. The van der Waals surface area contributed by atoms with Gasteiger partial charge < -0.3 is 10.1 Å². The number of amides is 1. The molecule has 1 amide bonds. The summed E-state index contributed by atoms with van der Waals surface area (Å²) in [6, 6.07) is 0. The highest BCUT2D eigenvalue weighted by Crippen LogP contribution is 2.06. The molecule has 0 radical (unpaired) electrons. The van der Waals surface area contributed by atoms with Crippen LogP contribution in [-0.2, 0) is 14.3 Å². The molecule has 4 heteroatoms. The predicted molar refractivity (Wildman–Crippen MR) is 38.0 cm³/mol. The van der Waals surface area contributed by atoms with E-state index in [1.54, 1.807) is 7.11 Å². The van der Waals surface area contributed by atoms with Gasteiger partial charge in [0.1, 0.15) is 5.78 Å². The quantitative estimate of drug-likeness (QED) is 0.541. The molecule has 0 aromatic heterocycles. The van der Waals surface area contributed by atoms with Gasteiger partial charge in [0.25, 0.3) is 0 Å². The lowest BCUT2D eigenvalue weighted by molar-refractivity contribution is -0.134. The van der Waals surface area contributed by atoms with Crippen molar-refractivity contribution < 1.29 is 14.3 Å². The molecule has 1 saturated heterocycles. The van der Waals surface area contributed by atoms with E-state index < -0.39 is 0 Å². The van der Waals surface area contributed by atoms with Gasteiger partial charge in [-0.15, -0.1) is 0 Å². The Hall–Kier alpha value is -0.900. The van der Waals surface area contributed by atoms with E-state index in [0.29, 0.717) is 13.2 Å². The first-order chi connectivity index (χ1) is 5.24. The highest BCUT2D eigenvalue weighted by atomic mass is 16.5. The maximum Gasteiger partial charge on any atom is 0.227 e.